The van der Waals surface area contributed by atoms with Crippen molar-refractivity contribution in [3.05, 3.63) is 76.3 Å². The molecule has 0 saturated heterocycles. The van der Waals surface area contributed by atoms with E-state index in [0.29, 0.717) is 27.6 Å². The number of halogens is 1. The van der Waals surface area contributed by atoms with Crippen molar-refractivity contribution in [2.45, 2.75) is 38.8 Å². The molecular formula is C25H24FNO5. The predicted octanol–water partition coefficient (Wildman–Crippen LogP) is 4.20. The van der Waals surface area contributed by atoms with Crippen LogP contribution >= 0.6 is 0 Å². The van der Waals surface area contributed by atoms with Crippen molar-refractivity contribution in [1.29, 1.82) is 0 Å². The minimum Gasteiger partial charge on any atom is -0.481 e. The van der Waals surface area contributed by atoms with Crippen LogP contribution in [0.15, 0.2) is 59.4 Å². The highest BCUT2D eigenvalue weighted by atomic mass is 19.1. The molecule has 1 aromatic heterocycles. The Morgan fingerprint density at radius 2 is 1.69 bits per heavy atom. The maximum absolute atomic E-state index is 13.6. The third-order valence-corrected chi connectivity index (χ3v) is 5.07. The van der Waals surface area contributed by atoms with Crippen LogP contribution in [0.2, 0.25) is 0 Å². The maximum Gasteiger partial charge on any atom is 0.310 e. The Morgan fingerprint density at radius 3 is 2.28 bits per heavy atom. The average molecular weight is 437 g/mol. The molecule has 0 saturated carbocycles. The smallest absolute Gasteiger partial charge is 0.310 e. The average Bonchev–Trinajstić information content (AvgIpc) is 2.72. The van der Waals surface area contributed by atoms with Crippen LogP contribution in [0, 0.1) is 5.82 Å². The summed E-state index contributed by atoms with van der Waals surface area (Å²) in [6.45, 7) is 3.74. The molecule has 3 aromatic rings. The van der Waals surface area contributed by atoms with E-state index < -0.39 is 30.1 Å². The highest BCUT2D eigenvalue weighted by Gasteiger charge is 2.19. The van der Waals surface area contributed by atoms with Gasteiger partial charge < -0.3 is 14.8 Å². The highest BCUT2D eigenvalue weighted by Crippen LogP contribution is 2.32. The molecule has 32 heavy (non-hydrogen) atoms. The molecule has 3 rings (SSSR count). The number of carboxylic acid groups (broad SMARTS) is 1. The Bertz CT molecular complexity index is 1240. The van der Waals surface area contributed by atoms with Crippen LogP contribution in [0.5, 0.6) is 0 Å². The first-order valence-corrected chi connectivity index (χ1v) is 10.2. The summed E-state index contributed by atoms with van der Waals surface area (Å²) in [5, 5.41) is 20.1. The molecule has 166 valence electrons. The number of aromatic nitrogens is 1. The van der Waals surface area contributed by atoms with Crippen molar-refractivity contribution >= 4 is 28.6 Å². The van der Waals surface area contributed by atoms with E-state index in [0.717, 1.165) is 0 Å². The quantitative estimate of drug-likeness (QED) is 0.515. The summed E-state index contributed by atoms with van der Waals surface area (Å²) in [5.74, 6) is -2.25. The lowest BCUT2D eigenvalue weighted by atomic mass is 9.97. The van der Waals surface area contributed by atoms with Gasteiger partial charge in [-0.1, -0.05) is 30.4 Å². The Balaban J connectivity index is 2.21. The fraction of sp³-hybridized carbons (Fsp3) is 0.240. The molecule has 1 unspecified atom stereocenters. The summed E-state index contributed by atoms with van der Waals surface area (Å²) in [7, 11) is 0. The SMILES string of the molecule is CC(C)n1c(-c2ccc(F)cc2)c(C=CC(O)CC(=O)CC(=O)O)c2ccccc2c1=O. The van der Waals surface area contributed by atoms with Gasteiger partial charge >= 0.3 is 5.97 Å². The maximum atomic E-state index is 13.6. The third-order valence-electron chi connectivity index (χ3n) is 5.07. The standard InChI is InChI=1S/C25H24FNO5/c1-15(2)27-24(16-7-9-17(26)10-8-16)21(20-5-3-4-6-22(20)25(27)32)12-11-18(28)13-19(29)14-23(30)31/h3-12,15,18,28H,13-14H2,1-2H3,(H,30,31). The number of nitrogens with zero attached hydrogens (tertiary/aromatic N) is 1. The van der Waals surface area contributed by atoms with Gasteiger partial charge in [-0.2, -0.15) is 0 Å². The number of hydrogen-bond acceptors (Lipinski definition) is 4. The number of fused-ring (bicyclic) bond motifs is 1. The Labute approximate surface area is 184 Å². The number of pyridine rings is 1. The van der Waals surface area contributed by atoms with E-state index in [1.807, 2.05) is 13.8 Å². The molecule has 1 atom stereocenters. The summed E-state index contributed by atoms with van der Waals surface area (Å²) in [5.41, 5.74) is 1.62. The zero-order valence-electron chi connectivity index (χ0n) is 17.8. The molecule has 0 bridgehead atoms. The Hall–Kier alpha value is -3.58. The summed E-state index contributed by atoms with van der Waals surface area (Å²) < 4.78 is 15.2. The molecule has 0 spiro atoms. The monoisotopic (exact) mass is 437 g/mol. The summed E-state index contributed by atoms with van der Waals surface area (Å²) in [6.07, 6.45) is 0.839. The van der Waals surface area contributed by atoms with Gasteiger partial charge in [0.25, 0.3) is 5.56 Å². The Kier molecular flexibility index (Phi) is 7.00. The second-order valence-corrected chi connectivity index (χ2v) is 7.82. The van der Waals surface area contributed by atoms with E-state index >= 15 is 0 Å². The normalized spacial score (nSPS) is 12.5. The number of aliphatic hydroxyl groups excluding tert-OH is 1. The topological polar surface area (TPSA) is 96.6 Å². The van der Waals surface area contributed by atoms with E-state index in [-0.39, 0.29) is 18.0 Å². The molecule has 0 aliphatic carbocycles. The van der Waals surface area contributed by atoms with Gasteiger partial charge in [0, 0.05) is 23.4 Å². The van der Waals surface area contributed by atoms with Crippen LogP contribution in [-0.4, -0.2) is 32.6 Å². The van der Waals surface area contributed by atoms with Crippen LogP contribution < -0.4 is 5.56 Å². The number of carbonyl (C=O) groups is 2. The fourth-order valence-corrected chi connectivity index (χ4v) is 3.71. The zero-order chi connectivity index (χ0) is 23.4. The number of benzene rings is 2. The first-order valence-electron chi connectivity index (χ1n) is 10.2. The van der Waals surface area contributed by atoms with Gasteiger partial charge in [0.15, 0.2) is 0 Å². The number of Topliss-reactive ketones (excluding diaryl/α,β-unsaturated/α-hetero) is 1. The second-order valence-electron chi connectivity index (χ2n) is 7.82. The Morgan fingerprint density at radius 1 is 1.06 bits per heavy atom. The molecule has 0 radical (unpaired) electrons. The van der Waals surface area contributed by atoms with Gasteiger partial charge in [0.05, 0.1) is 11.8 Å². The predicted molar refractivity (Wildman–Crippen MR) is 121 cm³/mol. The summed E-state index contributed by atoms with van der Waals surface area (Å²) in [6, 6.07) is 12.6. The molecule has 2 N–H and O–H groups in total. The van der Waals surface area contributed by atoms with E-state index in [1.165, 1.54) is 18.2 Å². The van der Waals surface area contributed by atoms with Gasteiger partial charge in [0.2, 0.25) is 0 Å². The molecule has 7 heteroatoms. The van der Waals surface area contributed by atoms with Crippen molar-refractivity contribution in [2.24, 2.45) is 0 Å². The first kappa shape index (κ1) is 23.1. The van der Waals surface area contributed by atoms with Crippen LogP contribution in [0.25, 0.3) is 28.1 Å². The van der Waals surface area contributed by atoms with Crippen LogP contribution in [-0.2, 0) is 9.59 Å². The third kappa shape index (κ3) is 5.00. The van der Waals surface area contributed by atoms with Crippen molar-refractivity contribution in [3.8, 4) is 11.3 Å². The van der Waals surface area contributed by atoms with Crippen molar-refractivity contribution < 1.29 is 24.2 Å². The van der Waals surface area contributed by atoms with E-state index in [2.05, 4.69) is 0 Å². The van der Waals surface area contributed by atoms with Crippen molar-refractivity contribution in [2.75, 3.05) is 0 Å². The second kappa shape index (κ2) is 9.70. The summed E-state index contributed by atoms with van der Waals surface area (Å²) in [4.78, 5) is 35.7. The van der Waals surface area contributed by atoms with Gasteiger partial charge in [-0.3, -0.25) is 14.4 Å². The zero-order valence-corrected chi connectivity index (χ0v) is 17.8. The molecule has 0 amide bonds. The lowest BCUT2D eigenvalue weighted by Gasteiger charge is -2.21. The molecule has 0 fully saturated rings. The number of hydrogen-bond donors (Lipinski definition) is 2. The lowest BCUT2D eigenvalue weighted by Crippen LogP contribution is -2.25. The van der Waals surface area contributed by atoms with Gasteiger partial charge in [0.1, 0.15) is 18.0 Å². The molecule has 6 nitrogen and oxygen atoms in total. The number of aliphatic carboxylic acids is 1. The minimum absolute atomic E-state index is 0.191. The number of ketones is 1. The number of carbonyl (C=O) groups excluding carboxylic acids is 1. The lowest BCUT2D eigenvalue weighted by molar-refractivity contribution is -0.140. The van der Waals surface area contributed by atoms with Gasteiger partial charge in [-0.05, 0) is 55.1 Å². The summed E-state index contributed by atoms with van der Waals surface area (Å²) >= 11 is 0. The first-order chi connectivity index (χ1) is 15.2. The molecule has 0 aliphatic heterocycles. The number of rotatable bonds is 8. The highest BCUT2D eigenvalue weighted by molar-refractivity contribution is 5.96. The van der Waals surface area contributed by atoms with Crippen LogP contribution in [0.1, 0.15) is 38.3 Å². The largest absolute Gasteiger partial charge is 0.481 e. The molecule has 0 aliphatic rings. The van der Waals surface area contributed by atoms with Gasteiger partial charge in [-0.15, -0.1) is 0 Å². The van der Waals surface area contributed by atoms with E-state index in [4.69, 9.17) is 5.11 Å². The van der Waals surface area contributed by atoms with E-state index in [1.54, 1.807) is 47.0 Å². The minimum atomic E-state index is -1.25. The number of carboxylic acids is 1. The van der Waals surface area contributed by atoms with Crippen molar-refractivity contribution in [1.82, 2.24) is 4.57 Å². The number of aliphatic hydroxyl groups is 1. The molecule has 2 aromatic carbocycles. The van der Waals surface area contributed by atoms with E-state index in [9.17, 15) is 23.9 Å². The molecule has 1 heterocycles. The van der Waals surface area contributed by atoms with Gasteiger partial charge in [-0.25, -0.2) is 4.39 Å². The van der Waals surface area contributed by atoms with Crippen molar-refractivity contribution in [3.63, 3.8) is 0 Å². The fourth-order valence-electron chi connectivity index (χ4n) is 3.71. The van der Waals surface area contributed by atoms with Crippen LogP contribution in [0.3, 0.4) is 0 Å². The van der Waals surface area contributed by atoms with Crippen LogP contribution in [0.4, 0.5) is 4.39 Å². The molecular weight excluding hydrogens is 413 g/mol.